The molecular weight excluding hydrogens is 352 g/mol. The number of hydrogen-bond donors (Lipinski definition) is 0. The van der Waals surface area contributed by atoms with Crippen molar-refractivity contribution in [3.05, 3.63) is 22.2 Å². The molecule has 1 aromatic rings. The van der Waals surface area contributed by atoms with Gasteiger partial charge in [-0.1, -0.05) is 27.7 Å². The highest BCUT2D eigenvalue weighted by atomic mass is 79.9. The Bertz CT molecular complexity index is 469. The van der Waals surface area contributed by atoms with Gasteiger partial charge in [-0.3, -0.25) is 0 Å². The normalized spacial score (nSPS) is 14.7. The molecule has 0 N–H and O–H groups in total. The summed E-state index contributed by atoms with van der Waals surface area (Å²) in [4.78, 5) is 0. The van der Waals surface area contributed by atoms with Crippen LogP contribution in [0.5, 0.6) is 11.5 Å². The van der Waals surface area contributed by atoms with Crippen molar-refractivity contribution in [3.8, 4) is 11.5 Å². The van der Waals surface area contributed by atoms with Gasteiger partial charge in [0, 0.05) is 5.56 Å². The van der Waals surface area contributed by atoms with Crippen LogP contribution < -0.4 is 9.47 Å². The third kappa shape index (κ3) is 5.71. The highest BCUT2D eigenvalue weighted by Crippen LogP contribution is 2.41. The quantitative estimate of drug-likeness (QED) is 0.549. The first-order valence-electron chi connectivity index (χ1n) is 7.23. The van der Waals surface area contributed by atoms with Crippen LogP contribution in [0.15, 0.2) is 16.6 Å². The molecule has 0 aromatic heterocycles. The average Bonchev–Trinajstić information content (AvgIpc) is 2.35. The van der Waals surface area contributed by atoms with Crippen LogP contribution in [0.1, 0.15) is 51.5 Å². The van der Waals surface area contributed by atoms with E-state index in [1.807, 2.05) is 12.1 Å². The lowest BCUT2D eigenvalue weighted by Gasteiger charge is -2.25. The zero-order chi connectivity index (χ0) is 16.2. The summed E-state index contributed by atoms with van der Waals surface area (Å²) in [7, 11) is 3.32. The molecule has 0 spiro atoms. The summed E-state index contributed by atoms with van der Waals surface area (Å²) in [5, 5.41) is -0.0840. The fourth-order valence-electron chi connectivity index (χ4n) is 2.74. The average molecular weight is 378 g/mol. The van der Waals surface area contributed by atoms with Crippen LogP contribution in [0, 0.1) is 11.3 Å². The van der Waals surface area contributed by atoms with E-state index in [4.69, 9.17) is 21.1 Å². The third-order valence-corrected chi connectivity index (χ3v) is 4.44. The Labute approximate surface area is 142 Å². The molecule has 2 nitrogen and oxygen atoms in total. The molecule has 0 aliphatic carbocycles. The Morgan fingerprint density at radius 2 is 1.71 bits per heavy atom. The van der Waals surface area contributed by atoms with Gasteiger partial charge < -0.3 is 9.47 Å². The van der Waals surface area contributed by atoms with Crippen LogP contribution in [0.2, 0.25) is 0 Å². The molecule has 0 fully saturated rings. The number of ether oxygens (including phenoxy) is 2. The van der Waals surface area contributed by atoms with E-state index in [-0.39, 0.29) is 5.38 Å². The molecular formula is C17H26BrClO2. The smallest absolute Gasteiger partial charge is 0.133 e. The second-order valence-electron chi connectivity index (χ2n) is 6.80. The number of alkyl halides is 1. The van der Waals surface area contributed by atoms with Crippen LogP contribution in [-0.4, -0.2) is 14.2 Å². The van der Waals surface area contributed by atoms with Crippen LogP contribution in [0.4, 0.5) is 0 Å². The molecule has 2 atom stereocenters. The molecule has 0 aliphatic heterocycles. The van der Waals surface area contributed by atoms with Crippen molar-refractivity contribution in [2.45, 2.75) is 45.9 Å². The molecule has 0 amide bonds. The largest absolute Gasteiger partial charge is 0.496 e. The van der Waals surface area contributed by atoms with E-state index in [1.165, 1.54) is 0 Å². The van der Waals surface area contributed by atoms with Crippen LogP contribution >= 0.6 is 27.5 Å². The minimum absolute atomic E-state index is 0.0840. The lowest BCUT2D eigenvalue weighted by Crippen LogP contribution is -2.12. The maximum absolute atomic E-state index is 6.64. The van der Waals surface area contributed by atoms with Gasteiger partial charge in [0.05, 0.1) is 24.1 Å². The van der Waals surface area contributed by atoms with Crippen molar-refractivity contribution >= 4 is 27.5 Å². The lowest BCUT2D eigenvalue weighted by molar-refractivity contribution is 0.294. The zero-order valence-corrected chi connectivity index (χ0v) is 16.1. The molecule has 120 valence electrons. The van der Waals surface area contributed by atoms with Crippen molar-refractivity contribution in [1.29, 1.82) is 0 Å². The Balaban J connectivity index is 2.93. The third-order valence-electron chi connectivity index (χ3n) is 3.41. The molecule has 21 heavy (non-hydrogen) atoms. The van der Waals surface area contributed by atoms with Gasteiger partial charge in [-0.15, -0.1) is 11.6 Å². The Hall–Kier alpha value is -0.410. The predicted molar refractivity (Wildman–Crippen MR) is 93.7 cm³/mol. The number of halogens is 2. The molecule has 0 aliphatic rings. The fourth-order valence-corrected chi connectivity index (χ4v) is 3.70. The van der Waals surface area contributed by atoms with E-state index in [0.717, 1.165) is 34.4 Å². The Morgan fingerprint density at radius 1 is 1.14 bits per heavy atom. The van der Waals surface area contributed by atoms with Crippen molar-refractivity contribution in [1.82, 2.24) is 0 Å². The fraction of sp³-hybridized carbons (Fsp3) is 0.647. The maximum atomic E-state index is 6.64. The zero-order valence-electron chi connectivity index (χ0n) is 13.8. The highest BCUT2D eigenvalue weighted by Gasteiger charge is 2.22. The van der Waals surface area contributed by atoms with Crippen LogP contribution in [0.3, 0.4) is 0 Å². The first-order valence-corrected chi connectivity index (χ1v) is 8.46. The molecule has 0 saturated heterocycles. The summed E-state index contributed by atoms with van der Waals surface area (Å²) in [5.41, 5.74) is 1.30. The molecule has 0 heterocycles. The van der Waals surface area contributed by atoms with E-state index >= 15 is 0 Å². The van der Waals surface area contributed by atoms with E-state index in [0.29, 0.717) is 11.3 Å². The van der Waals surface area contributed by atoms with Gasteiger partial charge in [0.25, 0.3) is 0 Å². The van der Waals surface area contributed by atoms with Gasteiger partial charge in [-0.25, -0.2) is 0 Å². The first-order chi connectivity index (χ1) is 9.67. The van der Waals surface area contributed by atoms with Crippen molar-refractivity contribution in [2.75, 3.05) is 14.2 Å². The van der Waals surface area contributed by atoms with E-state index < -0.39 is 0 Å². The standard InChI is InChI=1S/C17H26BrClO2/c1-11(10-17(2,3)4)7-14(19)12-8-16(21-6)13(18)9-15(12)20-5/h8-9,11,14H,7,10H2,1-6H3. The summed E-state index contributed by atoms with van der Waals surface area (Å²) in [6.45, 7) is 9.03. The molecule has 0 radical (unpaired) electrons. The SMILES string of the molecule is COc1cc(C(Cl)CC(C)CC(C)(C)C)c(OC)cc1Br. The number of rotatable bonds is 6. The van der Waals surface area contributed by atoms with Crippen molar-refractivity contribution in [2.24, 2.45) is 11.3 Å². The maximum Gasteiger partial charge on any atom is 0.133 e. The predicted octanol–water partition coefficient (Wildman–Crippen LogP) is 6.21. The number of methoxy groups -OCH3 is 2. The minimum atomic E-state index is -0.0840. The van der Waals surface area contributed by atoms with Gasteiger partial charge in [0.2, 0.25) is 0 Å². The topological polar surface area (TPSA) is 18.5 Å². The van der Waals surface area contributed by atoms with Gasteiger partial charge >= 0.3 is 0 Å². The second-order valence-corrected chi connectivity index (χ2v) is 8.18. The molecule has 1 rings (SSSR count). The monoisotopic (exact) mass is 376 g/mol. The van der Waals surface area contributed by atoms with E-state index in [1.54, 1.807) is 14.2 Å². The molecule has 2 unspecified atom stereocenters. The van der Waals surface area contributed by atoms with Crippen LogP contribution in [0.25, 0.3) is 0 Å². The number of hydrogen-bond acceptors (Lipinski definition) is 2. The highest BCUT2D eigenvalue weighted by molar-refractivity contribution is 9.10. The van der Waals surface area contributed by atoms with Crippen molar-refractivity contribution < 1.29 is 9.47 Å². The van der Waals surface area contributed by atoms with Gasteiger partial charge in [-0.05, 0) is 52.2 Å². The second kappa shape index (κ2) is 7.73. The minimum Gasteiger partial charge on any atom is -0.496 e. The molecule has 0 saturated carbocycles. The van der Waals surface area contributed by atoms with Crippen molar-refractivity contribution in [3.63, 3.8) is 0 Å². The molecule has 0 bridgehead atoms. The van der Waals surface area contributed by atoms with E-state index in [2.05, 4.69) is 43.6 Å². The summed E-state index contributed by atoms with van der Waals surface area (Å²) >= 11 is 10.1. The van der Waals surface area contributed by atoms with Gasteiger partial charge in [0.15, 0.2) is 0 Å². The summed E-state index contributed by atoms with van der Waals surface area (Å²) in [6.07, 6.45) is 2.06. The van der Waals surface area contributed by atoms with E-state index in [9.17, 15) is 0 Å². The lowest BCUT2D eigenvalue weighted by atomic mass is 9.83. The molecule has 1 aromatic carbocycles. The van der Waals surface area contributed by atoms with Gasteiger partial charge in [0.1, 0.15) is 11.5 Å². The van der Waals surface area contributed by atoms with Gasteiger partial charge in [-0.2, -0.15) is 0 Å². The van der Waals surface area contributed by atoms with Crippen LogP contribution in [-0.2, 0) is 0 Å². The summed E-state index contributed by atoms with van der Waals surface area (Å²) in [6, 6.07) is 3.88. The molecule has 4 heteroatoms. The summed E-state index contributed by atoms with van der Waals surface area (Å²) < 4.78 is 11.7. The first kappa shape index (κ1) is 18.6. The Kier molecular flexibility index (Phi) is 6.86. The Morgan fingerprint density at radius 3 is 2.19 bits per heavy atom. The summed E-state index contributed by atoms with van der Waals surface area (Å²) in [5.74, 6) is 2.12. The number of benzene rings is 1.